The number of nitrogens with one attached hydrogen (secondary N) is 1. The largest absolute Gasteiger partial charge is 0.423 e. The molecule has 3 rings (SSSR count). The van der Waals surface area contributed by atoms with Crippen LogP contribution in [0.1, 0.15) is 24.4 Å². The van der Waals surface area contributed by atoms with Crippen molar-refractivity contribution < 1.29 is 9.21 Å². The maximum absolute atomic E-state index is 12.1. The van der Waals surface area contributed by atoms with E-state index >= 15 is 0 Å². The Kier molecular flexibility index (Phi) is 4.18. The van der Waals surface area contributed by atoms with Gasteiger partial charge in [-0.25, -0.2) is 9.78 Å². The molecule has 0 aliphatic heterocycles. The third kappa shape index (κ3) is 3.28. The number of carbonyl (C=O) groups is 1. The zero-order chi connectivity index (χ0) is 16.2. The molecule has 0 aliphatic carbocycles. The van der Waals surface area contributed by atoms with Crippen LogP contribution in [0.5, 0.6) is 0 Å². The van der Waals surface area contributed by atoms with E-state index in [1.807, 2.05) is 11.3 Å². The molecule has 0 spiro atoms. The van der Waals surface area contributed by atoms with Crippen LogP contribution >= 0.6 is 0 Å². The second kappa shape index (κ2) is 6.42. The highest BCUT2D eigenvalue weighted by Crippen LogP contribution is 2.06. The van der Waals surface area contributed by atoms with Crippen LogP contribution in [0.3, 0.4) is 0 Å². The minimum atomic E-state index is -0.231. The predicted octanol–water partition coefficient (Wildman–Crippen LogP) is 1.02. The first kappa shape index (κ1) is 14.9. The minimum Gasteiger partial charge on any atom is -0.423 e. The molecular formula is C14H17N7O2. The second-order valence-corrected chi connectivity index (χ2v) is 5.01. The molecule has 1 N–H and O–H groups in total. The molecular weight excluding hydrogens is 298 g/mol. The lowest BCUT2D eigenvalue weighted by Crippen LogP contribution is -2.36. The number of hydrogen-bond donors (Lipinski definition) is 1. The molecule has 0 unspecified atom stereocenters. The van der Waals surface area contributed by atoms with E-state index in [4.69, 9.17) is 4.42 Å². The van der Waals surface area contributed by atoms with Crippen molar-refractivity contribution in [1.82, 2.24) is 34.8 Å². The number of amides is 2. The average Bonchev–Trinajstić information content (AvgIpc) is 3.19. The van der Waals surface area contributed by atoms with Crippen molar-refractivity contribution in [1.29, 1.82) is 0 Å². The zero-order valence-corrected chi connectivity index (χ0v) is 12.9. The van der Waals surface area contributed by atoms with Gasteiger partial charge in [0.05, 0.1) is 24.6 Å². The first-order chi connectivity index (χ1) is 11.2. The van der Waals surface area contributed by atoms with Gasteiger partial charge < -0.3 is 14.6 Å². The number of fused-ring (bicyclic) bond motifs is 1. The number of nitrogens with zero attached hydrogens (tertiary/aromatic N) is 6. The number of aromatic nitrogens is 5. The number of rotatable bonds is 5. The van der Waals surface area contributed by atoms with E-state index in [0.717, 1.165) is 11.3 Å². The number of hydrogen-bond acceptors (Lipinski definition) is 6. The van der Waals surface area contributed by atoms with Gasteiger partial charge in [0.15, 0.2) is 5.65 Å². The van der Waals surface area contributed by atoms with Gasteiger partial charge >= 0.3 is 6.03 Å². The van der Waals surface area contributed by atoms with Gasteiger partial charge in [-0.2, -0.15) is 0 Å². The van der Waals surface area contributed by atoms with Crippen LogP contribution in [0.15, 0.2) is 29.2 Å². The Balaban J connectivity index is 1.58. The summed E-state index contributed by atoms with van der Waals surface area (Å²) in [7, 11) is 1.67. The highest BCUT2D eigenvalue weighted by molar-refractivity contribution is 5.73. The predicted molar refractivity (Wildman–Crippen MR) is 80.4 cm³/mol. The third-order valence-corrected chi connectivity index (χ3v) is 3.34. The Morgan fingerprint density at radius 1 is 1.35 bits per heavy atom. The lowest BCUT2D eigenvalue weighted by Gasteiger charge is -2.15. The number of carbonyl (C=O) groups excluding carboxylic acids is 1. The zero-order valence-electron chi connectivity index (χ0n) is 12.9. The summed E-state index contributed by atoms with van der Waals surface area (Å²) in [4.78, 5) is 21.8. The van der Waals surface area contributed by atoms with Gasteiger partial charge in [-0.3, -0.25) is 9.38 Å². The van der Waals surface area contributed by atoms with Crippen LogP contribution in [-0.4, -0.2) is 42.5 Å². The molecule has 0 aliphatic rings. The summed E-state index contributed by atoms with van der Waals surface area (Å²) in [6, 6.07) is -0.231. The second-order valence-electron chi connectivity index (χ2n) is 5.01. The van der Waals surface area contributed by atoms with E-state index in [1.165, 1.54) is 4.90 Å². The summed E-state index contributed by atoms with van der Waals surface area (Å²) in [5.74, 6) is 0.980. The minimum absolute atomic E-state index is 0.231. The monoisotopic (exact) mass is 315 g/mol. The summed E-state index contributed by atoms with van der Waals surface area (Å²) in [6.45, 7) is 2.55. The molecule has 3 aromatic heterocycles. The SMILES string of the molecule is CCc1nnc(CN(C)C(=O)NCc2cnc3cnccn23)o1. The first-order valence-corrected chi connectivity index (χ1v) is 7.23. The summed E-state index contributed by atoms with van der Waals surface area (Å²) < 4.78 is 7.27. The molecule has 0 saturated carbocycles. The van der Waals surface area contributed by atoms with Crippen molar-refractivity contribution in [3.8, 4) is 0 Å². The molecule has 9 heteroatoms. The fraction of sp³-hybridized carbons (Fsp3) is 0.357. The number of urea groups is 1. The number of imidazole rings is 1. The van der Waals surface area contributed by atoms with E-state index < -0.39 is 0 Å². The summed E-state index contributed by atoms with van der Waals surface area (Å²) >= 11 is 0. The Labute approximate surface area is 132 Å². The van der Waals surface area contributed by atoms with Crippen molar-refractivity contribution in [2.24, 2.45) is 0 Å². The fourth-order valence-corrected chi connectivity index (χ4v) is 2.10. The summed E-state index contributed by atoms with van der Waals surface area (Å²) in [5, 5.41) is 10.6. The Bertz CT molecular complexity index is 810. The van der Waals surface area contributed by atoms with Gasteiger partial charge in [0.25, 0.3) is 0 Å². The summed E-state index contributed by atoms with van der Waals surface area (Å²) in [5.41, 5.74) is 1.61. The highest BCUT2D eigenvalue weighted by Gasteiger charge is 2.13. The van der Waals surface area contributed by atoms with E-state index in [2.05, 4.69) is 25.5 Å². The molecule has 3 aromatic rings. The van der Waals surface area contributed by atoms with Gasteiger partial charge in [0.1, 0.15) is 6.54 Å². The maximum atomic E-state index is 12.1. The molecule has 23 heavy (non-hydrogen) atoms. The normalized spacial score (nSPS) is 10.9. The molecule has 120 valence electrons. The molecule has 0 saturated heterocycles. The average molecular weight is 315 g/mol. The van der Waals surface area contributed by atoms with Gasteiger partial charge in [-0.05, 0) is 0 Å². The van der Waals surface area contributed by atoms with Crippen LogP contribution in [0.4, 0.5) is 4.79 Å². The molecule has 2 amide bonds. The van der Waals surface area contributed by atoms with Crippen LogP contribution in [0.25, 0.3) is 5.65 Å². The van der Waals surface area contributed by atoms with Gasteiger partial charge in [0, 0.05) is 25.9 Å². The van der Waals surface area contributed by atoms with Crippen molar-refractivity contribution >= 4 is 11.7 Å². The van der Waals surface area contributed by atoms with Crippen LogP contribution in [-0.2, 0) is 19.5 Å². The third-order valence-electron chi connectivity index (χ3n) is 3.34. The Morgan fingerprint density at radius 2 is 2.17 bits per heavy atom. The smallest absolute Gasteiger partial charge is 0.317 e. The Hall–Kier alpha value is -2.97. The van der Waals surface area contributed by atoms with Crippen LogP contribution in [0, 0.1) is 0 Å². The van der Waals surface area contributed by atoms with Crippen molar-refractivity contribution in [3.63, 3.8) is 0 Å². The Morgan fingerprint density at radius 3 is 2.96 bits per heavy atom. The van der Waals surface area contributed by atoms with Gasteiger partial charge in [0.2, 0.25) is 11.8 Å². The summed E-state index contributed by atoms with van der Waals surface area (Å²) in [6.07, 6.45) is 7.53. The van der Waals surface area contributed by atoms with Gasteiger partial charge in [-0.15, -0.1) is 10.2 Å². The highest BCUT2D eigenvalue weighted by atomic mass is 16.4. The van der Waals surface area contributed by atoms with Crippen molar-refractivity contribution in [2.45, 2.75) is 26.4 Å². The van der Waals surface area contributed by atoms with Crippen molar-refractivity contribution in [2.75, 3.05) is 7.05 Å². The van der Waals surface area contributed by atoms with Crippen molar-refractivity contribution in [3.05, 3.63) is 42.3 Å². The molecule has 9 nitrogen and oxygen atoms in total. The van der Waals surface area contributed by atoms with E-state index in [1.54, 1.807) is 31.8 Å². The first-order valence-electron chi connectivity index (χ1n) is 7.23. The molecule has 0 atom stereocenters. The molecule has 0 aromatic carbocycles. The van der Waals surface area contributed by atoms with Crippen LogP contribution < -0.4 is 5.32 Å². The molecule has 0 fully saturated rings. The standard InChI is InChI=1S/C14H17N7O2/c1-3-12-18-19-13(23-12)9-20(2)14(22)17-7-10-6-16-11-8-15-4-5-21(10)11/h4-6,8H,3,7,9H2,1-2H3,(H,17,22). The maximum Gasteiger partial charge on any atom is 0.317 e. The molecule has 0 radical (unpaired) electrons. The van der Waals surface area contributed by atoms with Crippen LogP contribution in [0.2, 0.25) is 0 Å². The van der Waals surface area contributed by atoms with E-state index in [9.17, 15) is 4.79 Å². The van der Waals surface area contributed by atoms with E-state index in [0.29, 0.717) is 24.7 Å². The number of aryl methyl sites for hydroxylation is 1. The fourth-order valence-electron chi connectivity index (χ4n) is 2.10. The van der Waals surface area contributed by atoms with E-state index in [-0.39, 0.29) is 12.6 Å². The quantitative estimate of drug-likeness (QED) is 0.754. The molecule has 3 heterocycles. The lowest BCUT2D eigenvalue weighted by molar-refractivity contribution is 0.201. The van der Waals surface area contributed by atoms with Gasteiger partial charge in [-0.1, -0.05) is 6.92 Å². The topological polar surface area (TPSA) is 101 Å². The lowest BCUT2D eigenvalue weighted by atomic mass is 10.4. The molecule has 0 bridgehead atoms.